The number of halogens is 2. The number of rotatable bonds is 4. The lowest BCUT2D eigenvalue weighted by atomic mass is 9.98. The first-order chi connectivity index (χ1) is 8.90. The van der Waals surface area contributed by atoms with Gasteiger partial charge in [0.05, 0.1) is 11.2 Å². The van der Waals surface area contributed by atoms with Gasteiger partial charge in [-0.3, -0.25) is 0 Å². The molecule has 1 aliphatic heterocycles. The predicted molar refractivity (Wildman–Crippen MR) is 75.2 cm³/mol. The zero-order chi connectivity index (χ0) is 14.0. The molecule has 1 aromatic heterocycles. The van der Waals surface area contributed by atoms with E-state index >= 15 is 0 Å². The Labute approximate surface area is 116 Å². The van der Waals surface area contributed by atoms with Crippen molar-refractivity contribution in [2.75, 3.05) is 18.0 Å². The third kappa shape index (κ3) is 3.42. The highest BCUT2D eigenvalue weighted by molar-refractivity contribution is 7.15. The van der Waals surface area contributed by atoms with E-state index in [4.69, 9.17) is 5.73 Å². The fourth-order valence-electron chi connectivity index (χ4n) is 2.22. The van der Waals surface area contributed by atoms with Crippen LogP contribution in [-0.4, -0.2) is 30.0 Å². The topological polar surface area (TPSA) is 42.2 Å². The molecule has 0 aliphatic carbocycles. The first-order valence-corrected chi connectivity index (χ1v) is 7.50. The number of aromatic nitrogens is 1. The molecular weight excluding hydrogens is 268 g/mol. The number of nitrogens with two attached hydrogens (primary N) is 1. The lowest BCUT2D eigenvalue weighted by molar-refractivity contribution is 0.0643. The molecule has 1 aromatic rings. The zero-order valence-corrected chi connectivity index (χ0v) is 12.3. The summed E-state index contributed by atoms with van der Waals surface area (Å²) in [5, 5.41) is 0.956. The minimum atomic E-state index is -2.52. The van der Waals surface area contributed by atoms with Crippen molar-refractivity contribution in [2.45, 2.75) is 51.5 Å². The van der Waals surface area contributed by atoms with Crippen LogP contribution < -0.4 is 10.6 Å². The van der Waals surface area contributed by atoms with Gasteiger partial charge in [-0.2, -0.15) is 0 Å². The molecule has 3 nitrogen and oxygen atoms in total. The summed E-state index contributed by atoms with van der Waals surface area (Å²) < 4.78 is 25.7. The Hall–Kier alpha value is -0.750. The molecule has 1 aliphatic rings. The number of thiazole rings is 1. The molecule has 1 unspecified atom stereocenters. The van der Waals surface area contributed by atoms with Gasteiger partial charge in [0.25, 0.3) is 6.43 Å². The van der Waals surface area contributed by atoms with E-state index in [1.54, 1.807) is 0 Å². The Morgan fingerprint density at radius 3 is 2.58 bits per heavy atom. The van der Waals surface area contributed by atoms with Gasteiger partial charge in [0.2, 0.25) is 0 Å². The van der Waals surface area contributed by atoms with Crippen LogP contribution in [-0.2, 0) is 6.42 Å². The zero-order valence-electron chi connectivity index (χ0n) is 11.5. The summed E-state index contributed by atoms with van der Waals surface area (Å²) in [6.07, 6.45) is 1.29. The molecule has 2 heterocycles. The Morgan fingerprint density at radius 2 is 2.00 bits per heavy atom. The molecule has 1 fully saturated rings. The SMILES string of the molecule is Cc1nc(N2CCCCC2)sc1CC(C)(N)C(F)F. The van der Waals surface area contributed by atoms with E-state index in [0.717, 1.165) is 28.8 Å². The average Bonchev–Trinajstić information content (AvgIpc) is 2.71. The van der Waals surface area contributed by atoms with E-state index in [9.17, 15) is 8.78 Å². The van der Waals surface area contributed by atoms with Crippen LogP contribution in [0.2, 0.25) is 0 Å². The van der Waals surface area contributed by atoms with E-state index in [2.05, 4.69) is 9.88 Å². The van der Waals surface area contributed by atoms with Crippen molar-refractivity contribution in [3.8, 4) is 0 Å². The fraction of sp³-hybridized carbons (Fsp3) is 0.769. The number of aryl methyl sites for hydroxylation is 1. The molecule has 1 atom stereocenters. The first-order valence-electron chi connectivity index (χ1n) is 6.68. The van der Waals surface area contributed by atoms with Gasteiger partial charge in [-0.15, -0.1) is 11.3 Å². The van der Waals surface area contributed by atoms with Crippen LogP contribution in [0.25, 0.3) is 0 Å². The molecule has 0 bridgehead atoms. The summed E-state index contributed by atoms with van der Waals surface area (Å²) in [6, 6.07) is 0. The van der Waals surface area contributed by atoms with E-state index in [-0.39, 0.29) is 6.42 Å². The first kappa shape index (κ1) is 14.7. The van der Waals surface area contributed by atoms with Crippen molar-refractivity contribution in [3.63, 3.8) is 0 Å². The van der Waals surface area contributed by atoms with Crippen LogP contribution in [0.4, 0.5) is 13.9 Å². The van der Waals surface area contributed by atoms with Crippen molar-refractivity contribution in [3.05, 3.63) is 10.6 Å². The van der Waals surface area contributed by atoms with Crippen LogP contribution >= 0.6 is 11.3 Å². The molecule has 0 saturated carbocycles. The van der Waals surface area contributed by atoms with Crippen LogP contribution in [0, 0.1) is 6.92 Å². The summed E-state index contributed by atoms with van der Waals surface area (Å²) in [5.74, 6) is 0. The minimum Gasteiger partial charge on any atom is -0.348 e. The molecule has 108 valence electrons. The Bertz CT molecular complexity index is 426. The van der Waals surface area contributed by atoms with Crippen LogP contribution in [0.5, 0.6) is 0 Å². The number of nitrogens with zero attached hydrogens (tertiary/aromatic N) is 2. The molecule has 0 radical (unpaired) electrons. The Kier molecular flexibility index (Phi) is 4.40. The summed E-state index contributed by atoms with van der Waals surface area (Å²) in [5.41, 5.74) is 5.02. The van der Waals surface area contributed by atoms with Crippen LogP contribution in [0.1, 0.15) is 36.8 Å². The van der Waals surface area contributed by atoms with Gasteiger partial charge < -0.3 is 10.6 Å². The minimum absolute atomic E-state index is 0.183. The monoisotopic (exact) mass is 289 g/mol. The lowest BCUT2D eigenvalue weighted by Gasteiger charge is -2.26. The van der Waals surface area contributed by atoms with Gasteiger partial charge in [-0.05, 0) is 33.1 Å². The van der Waals surface area contributed by atoms with Crippen molar-refractivity contribution < 1.29 is 8.78 Å². The third-order valence-corrected chi connectivity index (χ3v) is 4.77. The Morgan fingerprint density at radius 1 is 1.37 bits per heavy atom. The van der Waals surface area contributed by atoms with E-state index in [0.29, 0.717) is 0 Å². The molecule has 0 amide bonds. The molecule has 0 spiro atoms. The third-order valence-electron chi connectivity index (χ3n) is 3.55. The maximum absolute atomic E-state index is 12.8. The normalized spacial score (nSPS) is 19.8. The van der Waals surface area contributed by atoms with Crippen LogP contribution in [0.3, 0.4) is 0 Å². The maximum atomic E-state index is 12.8. The van der Waals surface area contributed by atoms with Crippen molar-refractivity contribution >= 4 is 16.5 Å². The number of piperidine rings is 1. The van der Waals surface area contributed by atoms with Gasteiger partial charge >= 0.3 is 0 Å². The van der Waals surface area contributed by atoms with Crippen molar-refractivity contribution in [1.82, 2.24) is 4.98 Å². The molecule has 2 rings (SSSR count). The molecule has 6 heteroatoms. The lowest BCUT2D eigenvalue weighted by Crippen LogP contribution is -2.45. The number of hydrogen-bond donors (Lipinski definition) is 1. The second kappa shape index (κ2) is 5.71. The predicted octanol–water partition coefficient (Wildman–Crippen LogP) is 2.97. The Balaban J connectivity index is 2.12. The highest BCUT2D eigenvalue weighted by atomic mass is 32.1. The second-order valence-electron chi connectivity index (χ2n) is 5.54. The smallest absolute Gasteiger partial charge is 0.256 e. The summed E-state index contributed by atoms with van der Waals surface area (Å²) in [6.45, 7) is 5.31. The van der Waals surface area contributed by atoms with Gasteiger partial charge in [0, 0.05) is 24.4 Å². The highest BCUT2D eigenvalue weighted by Gasteiger charge is 2.32. The summed E-state index contributed by atoms with van der Waals surface area (Å²) >= 11 is 1.51. The number of alkyl halides is 2. The summed E-state index contributed by atoms with van der Waals surface area (Å²) in [7, 11) is 0. The van der Waals surface area contributed by atoms with Crippen LogP contribution in [0.15, 0.2) is 0 Å². The maximum Gasteiger partial charge on any atom is 0.256 e. The van der Waals surface area contributed by atoms with Crippen molar-refractivity contribution in [1.29, 1.82) is 0 Å². The van der Waals surface area contributed by atoms with Gasteiger partial charge in [-0.25, -0.2) is 13.8 Å². The van der Waals surface area contributed by atoms with Gasteiger partial charge in [0.1, 0.15) is 0 Å². The standard InChI is InChI=1S/C13H21F2N3S/c1-9-10(8-13(2,16)11(14)15)19-12(17-9)18-6-4-3-5-7-18/h11H,3-8,16H2,1-2H3. The molecule has 0 aromatic carbocycles. The summed E-state index contributed by atoms with van der Waals surface area (Å²) in [4.78, 5) is 7.65. The van der Waals surface area contributed by atoms with Crippen molar-refractivity contribution in [2.24, 2.45) is 5.73 Å². The molecule has 2 N–H and O–H groups in total. The fourth-order valence-corrected chi connectivity index (χ4v) is 3.51. The highest BCUT2D eigenvalue weighted by Crippen LogP contribution is 2.31. The average molecular weight is 289 g/mol. The van der Waals surface area contributed by atoms with E-state index in [1.165, 1.54) is 37.5 Å². The molecular formula is C13H21F2N3S. The molecule has 1 saturated heterocycles. The number of hydrogen-bond acceptors (Lipinski definition) is 4. The van der Waals surface area contributed by atoms with E-state index < -0.39 is 12.0 Å². The largest absolute Gasteiger partial charge is 0.348 e. The van der Waals surface area contributed by atoms with Gasteiger partial charge in [0.15, 0.2) is 5.13 Å². The second-order valence-corrected chi connectivity index (χ2v) is 6.60. The van der Waals surface area contributed by atoms with E-state index in [1.807, 2.05) is 6.92 Å². The number of anilines is 1. The quantitative estimate of drug-likeness (QED) is 0.926. The molecule has 19 heavy (non-hydrogen) atoms. The van der Waals surface area contributed by atoms with Gasteiger partial charge in [-0.1, -0.05) is 0 Å².